The van der Waals surface area contributed by atoms with Gasteiger partial charge in [0, 0.05) is 13.5 Å². The van der Waals surface area contributed by atoms with Crippen molar-refractivity contribution in [1.29, 1.82) is 0 Å². The Labute approximate surface area is 81.7 Å². The molecule has 0 aliphatic carbocycles. The number of ether oxygens (including phenoxy) is 1. The van der Waals surface area contributed by atoms with Crippen LogP contribution in [0.5, 0.6) is 5.75 Å². The maximum Gasteiger partial charge on any atom is 0.274 e. The van der Waals surface area contributed by atoms with E-state index >= 15 is 0 Å². The highest BCUT2D eigenvalue weighted by molar-refractivity contribution is 5.43. The molecule has 1 rings (SSSR count). The smallest absolute Gasteiger partial charge is 0.274 e. The molecule has 2 N–H and O–H groups in total. The Kier molecular flexibility index (Phi) is 3.06. The Balaban J connectivity index is 3.34. The summed E-state index contributed by atoms with van der Waals surface area (Å²) in [4.78, 5) is 0. The number of rotatable bonds is 3. The van der Waals surface area contributed by atoms with E-state index in [-0.39, 0.29) is 17.9 Å². The molecule has 0 radical (unpaired) electrons. The molecule has 4 heteroatoms. The summed E-state index contributed by atoms with van der Waals surface area (Å²) in [6.07, 6.45) is 0. The number of halogens is 2. The van der Waals surface area contributed by atoms with E-state index in [0.29, 0.717) is 5.56 Å². The first-order chi connectivity index (χ1) is 6.50. The van der Waals surface area contributed by atoms with Gasteiger partial charge in [-0.05, 0) is 11.6 Å². The third-order valence-corrected chi connectivity index (χ3v) is 1.99. The van der Waals surface area contributed by atoms with Gasteiger partial charge in [0.2, 0.25) is 0 Å². The zero-order valence-electron chi connectivity index (χ0n) is 8.18. The molecule has 0 spiro atoms. The summed E-state index contributed by atoms with van der Waals surface area (Å²) in [6.45, 7) is 0.917. The zero-order chi connectivity index (χ0) is 10.8. The third-order valence-electron chi connectivity index (χ3n) is 1.99. The Morgan fingerprint density at radius 1 is 1.43 bits per heavy atom. The quantitative estimate of drug-likeness (QED) is 0.814. The molecule has 0 heterocycles. The average Bonchev–Trinajstić information content (AvgIpc) is 2.15. The van der Waals surface area contributed by atoms with E-state index in [0.717, 1.165) is 6.92 Å². The molecule has 0 aliphatic heterocycles. The van der Waals surface area contributed by atoms with Crippen molar-refractivity contribution in [1.82, 2.24) is 0 Å². The van der Waals surface area contributed by atoms with Crippen LogP contribution in [0, 0.1) is 0 Å². The predicted molar refractivity (Wildman–Crippen MR) is 50.5 cm³/mol. The topological polar surface area (TPSA) is 35.2 Å². The number of hydrogen-bond acceptors (Lipinski definition) is 2. The van der Waals surface area contributed by atoms with Crippen LogP contribution in [0.25, 0.3) is 0 Å². The lowest BCUT2D eigenvalue weighted by molar-refractivity contribution is 0.0141. The second kappa shape index (κ2) is 3.92. The number of nitrogens with two attached hydrogens (primary N) is 1. The van der Waals surface area contributed by atoms with Crippen LogP contribution in [0.2, 0.25) is 0 Å². The van der Waals surface area contributed by atoms with Crippen molar-refractivity contribution in [3.05, 3.63) is 29.3 Å². The number of alkyl halides is 2. The molecule has 0 aromatic heterocycles. The number of benzene rings is 1. The predicted octanol–water partition coefficient (Wildman–Crippen LogP) is 2.27. The first kappa shape index (κ1) is 10.9. The second-order valence-electron chi connectivity index (χ2n) is 3.09. The maximum absolute atomic E-state index is 13.2. The van der Waals surface area contributed by atoms with Crippen molar-refractivity contribution in [3.8, 4) is 5.75 Å². The standard InChI is InChI=1S/C10H13F2NO/c1-10(11,12)9-7(6-13)4-3-5-8(9)14-2/h3-5H,6,13H2,1-2H3. The molecule has 0 saturated heterocycles. The van der Waals surface area contributed by atoms with Gasteiger partial charge >= 0.3 is 0 Å². The lowest BCUT2D eigenvalue weighted by Gasteiger charge is -2.18. The highest BCUT2D eigenvalue weighted by atomic mass is 19.3. The van der Waals surface area contributed by atoms with Crippen LogP contribution in [0.1, 0.15) is 18.1 Å². The monoisotopic (exact) mass is 201 g/mol. The van der Waals surface area contributed by atoms with Crippen molar-refractivity contribution >= 4 is 0 Å². The molecule has 1 aromatic carbocycles. The first-order valence-electron chi connectivity index (χ1n) is 4.25. The fraction of sp³-hybridized carbons (Fsp3) is 0.400. The van der Waals surface area contributed by atoms with Gasteiger partial charge in [0.15, 0.2) is 0 Å². The summed E-state index contributed by atoms with van der Waals surface area (Å²) in [5.41, 5.74) is 5.68. The molecular weight excluding hydrogens is 188 g/mol. The first-order valence-corrected chi connectivity index (χ1v) is 4.25. The number of hydrogen-bond donors (Lipinski definition) is 1. The minimum absolute atomic E-state index is 0.0793. The molecule has 2 nitrogen and oxygen atoms in total. The van der Waals surface area contributed by atoms with E-state index in [1.807, 2.05) is 0 Å². The fourth-order valence-corrected chi connectivity index (χ4v) is 1.42. The molecular formula is C10H13F2NO. The largest absolute Gasteiger partial charge is 0.496 e. The normalized spacial score (nSPS) is 11.5. The third kappa shape index (κ3) is 2.01. The lowest BCUT2D eigenvalue weighted by atomic mass is 10.0. The van der Waals surface area contributed by atoms with Crippen molar-refractivity contribution in [3.63, 3.8) is 0 Å². The zero-order valence-corrected chi connectivity index (χ0v) is 8.18. The van der Waals surface area contributed by atoms with Gasteiger partial charge in [-0.1, -0.05) is 12.1 Å². The minimum atomic E-state index is -2.93. The van der Waals surface area contributed by atoms with Gasteiger partial charge in [-0.2, -0.15) is 0 Å². The Morgan fingerprint density at radius 2 is 2.07 bits per heavy atom. The van der Waals surface area contributed by atoms with Gasteiger partial charge in [0.05, 0.1) is 12.7 Å². The van der Waals surface area contributed by atoms with Crippen molar-refractivity contribution in [2.24, 2.45) is 5.73 Å². The van der Waals surface area contributed by atoms with E-state index < -0.39 is 5.92 Å². The maximum atomic E-state index is 13.2. The van der Waals surface area contributed by atoms with Gasteiger partial charge in [-0.15, -0.1) is 0 Å². The van der Waals surface area contributed by atoms with Crippen LogP contribution in [-0.2, 0) is 12.5 Å². The molecule has 1 aromatic rings. The van der Waals surface area contributed by atoms with Gasteiger partial charge in [-0.3, -0.25) is 0 Å². The van der Waals surface area contributed by atoms with Gasteiger partial charge in [-0.25, -0.2) is 8.78 Å². The Hall–Kier alpha value is -1.16. The summed E-state index contributed by atoms with van der Waals surface area (Å²) in [5, 5.41) is 0. The average molecular weight is 201 g/mol. The van der Waals surface area contributed by atoms with E-state index in [1.54, 1.807) is 12.1 Å². The van der Waals surface area contributed by atoms with E-state index in [2.05, 4.69) is 0 Å². The van der Waals surface area contributed by atoms with Crippen LogP contribution in [0.4, 0.5) is 8.78 Å². The molecule has 0 bridgehead atoms. The molecule has 0 unspecified atom stereocenters. The lowest BCUT2D eigenvalue weighted by Crippen LogP contribution is -2.14. The van der Waals surface area contributed by atoms with Crippen molar-refractivity contribution in [2.45, 2.75) is 19.4 Å². The summed E-state index contributed by atoms with van der Waals surface area (Å²) >= 11 is 0. The van der Waals surface area contributed by atoms with Gasteiger partial charge in [0.1, 0.15) is 5.75 Å². The molecule has 0 saturated carbocycles. The van der Waals surface area contributed by atoms with Gasteiger partial charge in [0.25, 0.3) is 5.92 Å². The summed E-state index contributed by atoms with van der Waals surface area (Å²) in [7, 11) is 1.37. The van der Waals surface area contributed by atoms with Crippen molar-refractivity contribution in [2.75, 3.05) is 7.11 Å². The highest BCUT2D eigenvalue weighted by Crippen LogP contribution is 2.36. The highest BCUT2D eigenvalue weighted by Gasteiger charge is 2.30. The SMILES string of the molecule is COc1cccc(CN)c1C(C)(F)F. The summed E-state index contributed by atoms with van der Waals surface area (Å²) < 4.78 is 31.3. The van der Waals surface area contributed by atoms with E-state index in [9.17, 15) is 8.78 Å². The van der Waals surface area contributed by atoms with Crippen LogP contribution in [-0.4, -0.2) is 7.11 Å². The van der Waals surface area contributed by atoms with Crippen LogP contribution >= 0.6 is 0 Å². The minimum Gasteiger partial charge on any atom is -0.496 e. The number of methoxy groups -OCH3 is 1. The second-order valence-corrected chi connectivity index (χ2v) is 3.09. The molecule has 0 atom stereocenters. The van der Waals surface area contributed by atoms with E-state index in [1.165, 1.54) is 13.2 Å². The Morgan fingerprint density at radius 3 is 2.50 bits per heavy atom. The van der Waals surface area contributed by atoms with E-state index in [4.69, 9.17) is 10.5 Å². The van der Waals surface area contributed by atoms with Crippen molar-refractivity contribution < 1.29 is 13.5 Å². The molecule has 14 heavy (non-hydrogen) atoms. The summed E-state index contributed by atoms with van der Waals surface area (Å²) in [5.74, 6) is -2.75. The fourth-order valence-electron chi connectivity index (χ4n) is 1.42. The summed E-state index contributed by atoms with van der Waals surface area (Å²) in [6, 6.07) is 4.73. The van der Waals surface area contributed by atoms with Gasteiger partial charge < -0.3 is 10.5 Å². The Bertz CT molecular complexity index is 298. The molecule has 0 fully saturated rings. The molecule has 0 aliphatic rings. The molecule has 78 valence electrons. The van der Waals surface area contributed by atoms with Crippen LogP contribution in [0.15, 0.2) is 18.2 Å². The molecule has 0 amide bonds. The van der Waals surface area contributed by atoms with Crippen LogP contribution in [0.3, 0.4) is 0 Å². The van der Waals surface area contributed by atoms with Crippen LogP contribution < -0.4 is 10.5 Å².